The molecule has 1 fully saturated rings. The van der Waals surface area contributed by atoms with Gasteiger partial charge in [-0.1, -0.05) is 0 Å². The van der Waals surface area contributed by atoms with Gasteiger partial charge in [0.2, 0.25) is 0 Å². The van der Waals surface area contributed by atoms with E-state index in [-0.39, 0.29) is 6.10 Å². The minimum atomic E-state index is -0.183. The Labute approximate surface area is 192 Å². The summed E-state index contributed by atoms with van der Waals surface area (Å²) in [6.45, 7) is 6.66. The van der Waals surface area contributed by atoms with Crippen LogP contribution >= 0.6 is 0 Å². The number of fused-ring (bicyclic) bond motifs is 1. The van der Waals surface area contributed by atoms with Crippen molar-refractivity contribution in [3.63, 3.8) is 0 Å². The molecular weight excluding hydrogens is 414 g/mol. The molecule has 4 aromatic rings. The molecule has 0 spiro atoms. The van der Waals surface area contributed by atoms with E-state index in [4.69, 9.17) is 9.47 Å². The molecule has 1 aliphatic carbocycles. The predicted octanol–water partition coefficient (Wildman–Crippen LogP) is 5.44. The summed E-state index contributed by atoms with van der Waals surface area (Å²) < 4.78 is 12.2. The first-order valence-electron chi connectivity index (χ1n) is 11.1. The molecule has 5 rings (SSSR count). The summed E-state index contributed by atoms with van der Waals surface area (Å²) in [7, 11) is 0. The molecule has 1 N–H and O–H groups in total. The van der Waals surface area contributed by atoms with Crippen LogP contribution in [0.15, 0.2) is 42.6 Å². The van der Waals surface area contributed by atoms with Gasteiger partial charge in [-0.25, -0.2) is 0 Å². The number of aromatic nitrogens is 4. The third-order valence-corrected chi connectivity index (χ3v) is 6.02. The molecule has 7 heteroatoms. The number of ether oxygens (including phenoxy) is 2. The topological polar surface area (TPSA) is 96.7 Å². The number of hydrogen-bond donors (Lipinski definition) is 1. The molecule has 2 aromatic carbocycles. The summed E-state index contributed by atoms with van der Waals surface area (Å²) in [4.78, 5) is 0. The van der Waals surface area contributed by atoms with Crippen molar-refractivity contribution in [3.8, 4) is 28.8 Å². The Balaban J connectivity index is 1.47. The van der Waals surface area contributed by atoms with Crippen molar-refractivity contribution >= 4 is 10.9 Å². The zero-order valence-electron chi connectivity index (χ0n) is 18.9. The molecular formula is C26H25N5O2. The molecule has 0 bridgehead atoms. The summed E-state index contributed by atoms with van der Waals surface area (Å²) in [5, 5.41) is 26.2. The largest absolute Gasteiger partial charge is 0.493 e. The molecule has 0 aliphatic heterocycles. The van der Waals surface area contributed by atoms with Gasteiger partial charge in [-0.2, -0.15) is 20.6 Å². The van der Waals surface area contributed by atoms with E-state index in [0.717, 1.165) is 44.7 Å². The molecule has 7 nitrogen and oxygen atoms in total. The van der Waals surface area contributed by atoms with Gasteiger partial charge in [0.15, 0.2) is 0 Å². The summed E-state index contributed by atoms with van der Waals surface area (Å²) >= 11 is 0. The first kappa shape index (κ1) is 21.0. The van der Waals surface area contributed by atoms with E-state index in [1.54, 1.807) is 12.3 Å². The molecule has 166 valence electrons. The lowest BCUT2D eigenvalue weighted by atomic mass is 10.0. The van der Waals surface area contributed by atoms with E-state index in [9.17, 15) is 5.26 Å². The van der Waals surface area contributed by atoms with E-state index in [2.05, 4.69) is 26.5 Å². The zero-order chi connectivity index (χ0) is 22.9. The molecule has 0 saturated heterocycles. The molecule has 33 heavy (non-hydrogen) atoms. The van der Waals surface area contributed by atoms with Crippen LogP contribution in [0.5, 0.6) is 11.5 Å². The fraction of sp³-hybridized carbons (Fsp3) is 0.308. The number of aryl methyl sites for hydroxylation is 2. The Morgan fingerprint density at radius 1 is 1.15 bits per heavy atom. The number of hydrogen-bond acceptors (Lipinski definition) is 6. The Hall–Kier alpha value is -3.92. The van der Waals surface area contributed by atoms with Gasteiger partial charge in [0, 0.05) is 16.5 Å². The lowest BCUT2D eigenvalue weighted by Gasteiger charge is -2.18. The average Bonchev–Trinajstić information content (AvgIpc) is 3.54. The second kappa shape index (κ2) is 8.55. The van der Waals surface area contributed by atoms with Crippen LogP contribution in [-0.4, -0.2) is 27.0 Å². The highest BCUT2D eigenvalue weighted by Crippen LogP contribution is 2.35. The highest BCUT2D eigenvalue weighted by Gasteiger charge is 2.22. The highest BCUT2D eigenvalue weighted by molar-refractivity contribution is 5.94. The molecule has 0 unspecified atom stereocenters. The van der Waals surface area contributed by atoms with E-state index in [0.29, 0.717) is 23.8 Å². The summed E-state index contributed by atoms with van der Waals surface area (Å²) in [5.41, 5.74) is 5.98. The van der Waals surface area contributed by atoms with Crippen molar-refractivity contribution in [2.75, 3.05) is 6.61 Å². The van der Waals surface area contributed by atoms with Gasteiger partial charge >= 0.3 is 0 Å². The van der Waals surface area contributed by atoms with Gasteiger partial charge in [-0.05, 0) is 81.5 Å². The van der Waals surface area contributed by atoms with Gasteiger partial charge in [-0.3, -0.25) is 5.10 Å². The van der Waals surface area contributed by atoms with Crippen LogP contribution in [0.3, 0.4) is 0 Å². The molecule has 2 aromatic heterocycles. The number of benzene rings is 2. The number of aromatic amines is 1. The van der Waals surface area contributed by atoms with Crippen LogP contribution in [0.25, 0.3) is 22.2 Å². The van der Waals surface area contributed by atoms with Crippen molar-refractivity contribution in [1.82, 2.24) is 20.4 Å². The molecule has 0 amide bonds. The first-order valence-corrected chi connectivity index (χ1v) is 11.1. The number of nitrogens with zero attached hydrogens (tertiary/aromatic N) is 4. The van der Waals surface area contributed by atoms with Crippen LogP contribution in [0.1, 0.15) is 48.3 Å². The Kier molecular flexibility index (Phi) is 5.43. The average molecular weight is 440 g/mol. The quantitative estimate of drug-likeness (QED) is 0.412. The number of nitrogens with one attached hydrogen (secondary N) is 1. The highest BCUT2D eigenvalue weighted by atomic mass is 16.5. The van der Waals surface area contributed by atoms with E-state index in [1.807, 2.05) is 51.1 Å². The Bertz CT molecular complexity index is 1350. The van der Waals surface area contributed by atoms with Crippen molar-refractivity contribution in [2.24, 2.45) is 5.92 Å². The fourth-order valence-electron chi connectivity index (χ4n) is 4.16. The zero-order valence-corrected chi connectivity index (χ0v) is 18.9. The van der Waals surface area contributed by atoms with Crippen LogP contribution in [0.4, 0.5) is 0 Å². The van der Waals surface area contributed by atoms with Crippen LogP contribution in [0, 0.1) is 31.1 Å². The minimum Gasteiger partial charge on any atom is -0.493 e. The maximum Gasteiger partial charge on any atom is 0.123 e. The lowest BCUT2D eigenvalue weighted by molar-refractivity contribution is 0.225. The third kappa shape index (κ3) is 4.37. The maximum absolute atomic E-state index is 9.52. The molecule has 1 saturated carbocycles. The van der Waals surface area contributed by atoms with E-state index in [1.165, 1.54) is 12.8 Å². The fourth-order valence-corrected chi connectivity index (χ4v) is 4.16. The second-order valence-electron chi connectivity index (χ2n) is 8.68. The minimum absolute atomic E-state index is 0.183. The van der Waals surface area contributed by atoms with E-state index >= 15 is 0 Å². The number of rotatable bonds is 7. The number of H-pyrrole nitrogens is 1. The summed E-state index contributed by atoms with van der Waals surface area (Å²) in [6, 6.07) is 13.7. The van der Waals surface area contributed by atoms with Crippen molar-refractivity contribution < 1.29 is 9.47 Å². The van der Waals surface area contributed by atoms with E-state index < -0.39 is 0 Å². The van der Waals surface area contributed by atoms with Crippen molar-refractivity contribution in [3.05, 3.63) is 65.0 Å². The van der Waals surface area contributed by atoms with Crippen LogP contribution in [-0.2, 0) is 0 Å². The summed E-state index contributed by atoms with van der Waals surface area (Å²) in [5.74, 6) is 2.06. The molecule has 1 atom stereocenters. The first-order chi connectivity index (χ1) is 16.0. The monoisotopic (exact) mass is 439 g/mol. The SMILES string of the molecule is Cc1cnnc(C)c1[C@@H](C)Oc1ccc2[nH]nc(-c3cc(C#N)cc(OCC4CC4)c3)c2c1. The molecule has 2 heterocycles. The van der Waals surface area contributed by atoms with Crippen molar-refractivity contribution in [1.29, 1.82) is 5.26 Å². The lowest BCUT2D eigenvalue weighted by Crippen LogP contribution is -2.09. The van der Waals surface area contributed by atoms with Crippen LogP contribution in [0.2, 0.25) is 0 Å². The normalized spacial score (nSPS) is 14.1. The predicted molar refractivity (Wildman–Crippen MR) is 125 cm³/mol. The van der Waals surface area contributed by atoms with Crippen molar-refractivity contribution in [2.45, 2.75) is 39.7 Å². The Morgan fingerprint density at radius 3 is 2.76 bits per heavy atom. The van der Waals surface area contributed by atoms with Gasteiger partial charge < -0.3 is 9.47 Å². The summed E-state index contributed by atoms with van der Waals surface area (Å²) in [6.07, 6.45) is 4.00. The van der Waals surface area contributed by atoms with Gasteiger partial charge in [0.1, 0.15) is 23.3 Å². The molecule has 0 radical (unpaired) electrons. The smallest absolute Gasteiger partial charge is 0.123 e. The standard InChI is InChI=1S/C26H25N5O2/c1-15-13-28-29-16(2)25(15)17(3)33-21-6-7-24-23(11-21)26(31-30-24)20-8-19(12-27)9-22(10-20)32-14-18-4-5-18/h6-11,13,17-18H,4-5,14H2,1-3H3,(H,30,31)/t17-/m1/s1. The molecule has 1 aliphatic rings. The van der Waals surface area contributed by atoms with Gasteiger partial charge in [0.05, 0.1) is 35.6 Å². The number of nitriles is 1. The third-order valence-electron chi connectivity index (χ3n) is 6.02. The van der Waals surface area contributed by atoms with Gasteiger partial charge in [0.25, 0.3) is 0 Å². The maximum atomic E-state index is 9.52. The second-order valence-corrected chi connectivity index (χ2v) is 8.68. The van der Waals surface area contributed by atoms with Crippen LogP contribution < -0.4 is 9.47 Å². The van der Waals surface area contributed by atoms with Gasteiger partial charge in [-0.15, -0.1) is 0 Å². The Morgan fingerprint density at radius 2 is 2.00 bits per heavy atom.